The largest absolute Gasteiger partial charge is 0.459 e. The molecule has 1 aromatic carbocycles. The van der Waals surface area contributed by atoms with Gasteiger partial charge in [0.05, 0.1) is 11.7 Å². The van der Waals surface area contributed by atoms with Crippen LogP contribution in [0.1, 0.15) is 34.6 Å². The lowest BCUT2D eigenvalue weighted by Crippen LogP contribution is -2.24. The molecule has 0 spiro atoms. The van der Waals surface area contributed by atoms with Crippen molar-refractivity contribution in [3.05, 3.63) is 64.1 Å². The molecule has 136 valence electrons. The van der Waals surface area contributed by atoms with Gasteiger partial charge < -0.3 is 19.8 Å². The first kappa shape index (κ1) is 18.9. The molecular weight excluding hydrogens is 340 g/mol. The van der Waals surface area contributed by atoms with Crippen LogP contribution in [-0.2, 0) is 14.3 Å². The number of benzene rings is 1. The van der Waals surface area contributed by atoms with Crippen molar-refractivity contribution >= 4 is 23.5 Å². The first-order valence-corrected chi connectivity index (χ1v) is 7.82. The maximum atomic E-state index is 11.8. The quantitative estimate of drug-likeness (QED) is 0.760. The molecule has 1 heterocycles. The van der Waals surface area contributed by atoms with Crippen LogP contribution in [0.3, 0.4) is 0 Å². The van der Waals surface area contributed by atoms with Crippen LogP contribution in [0, 0.1) is 0 Å². The van der Waals surface area contributed by atoms with E-state index in [2.05, 4.69) is 10.3 Å². The number of aromatic amines is 1. The van der Waals surface area contributed by atoms with E-state index in [-0.39, 0.29) is 11.7 Å². The lowest BCUT2D eigenvalue weighted by Gasteiger charge is -2.09. The van der Waals surface area contributed by atoms with Gasteiger partial charge in [0.2, 0.25) is 0 Å². The third-order valence-electron chi connectivity index (χ3n) is 3.12. The number of carbonyl (C=O) groups excluding carboxylic acids is 3. The van der Waals surface area contributed by atoms with Gasteiger partial charge in [-0.3, -0.25) is 9.59 Å². The summed E-state index contributed by atoms with van der Waals surface area (Å²) in [6, 6.07) is 8.85. The molecule has 0 radical (unpaired) electrons. The normalized spacial score (nSPS) is 10.3. The Morgan fingerprint density at radius 3 is 2.38 bits per heavy atom. The first-order valence-electron chi connectivity index (χ1n) is 7.82. The number of hydrogen-bond acceptors (Lipinski definition) is 6. The summed E-state index contributed by atoms with van der Waals surface area (Å²) in [5, 5.41) is 2.52. The van der Waals surface area contributed by atoms with E-state index in [1.807, 2.05) is 0 Å². The van der Waals surface area contributed by atoms with Gasteiger partial charge in [-0.25, -0.2) is 9.59 Å². The number of ether oxygens (including phenoxy) is 2. The molecule has 0 aliphatic rings. The van der Waals surface area contributed by atoms with E-state index in [1.54, 1.807) is 13.8 Å². The van der Waals surface area contributed by atoms with E-state index >= 15 is 0 Å². The van der Waals surface area contributed by atoms with Crippen LogP contribution in [-0.4, -0.2) is 35.5 Å². The van der Waals surface area contributed by atoms with Crippen molar-refractivity contribution in [2.24, 2.45) is 0 Å². The van der Waals surface area contributed by atoms with E-state index in [0.717, 1.165) is 0 Å². The predicted molar refractivity (Wildman–Crippen MR) is 93.0 cm³/mol. The van der Waals surface area contributed by atoms with Gasteiger partial charge in [-0.15, -0.1) is 0 Å². The molecule has 2 aromatic rings. The zero-order valence-electron chi connectivity index (χ0n) is 14.3. The standard InChI is InChI=1S/C18H18N2O6/c1-11(2)26-17(23)12-5-7-13(8-6-12)20-15(21)10-25-18(24)14-4-3-9-19-16(14)22/h3-9,11H,10H2,1-2H3,(H,19,22)(H,20,21). The second kappa shape index (κ2) is 8.61. The molecule has 0 fully saturated rings. The van der Waals surface area contributed by atoms with Crippen molar-refractivity contribution in [2.45, 2.75) is 20.0 Å². The third kappa shape index (κ3) is 5.30. The second-order valence-electron chi connectivity index (χ2n) is 5.57. The fraction of sp³-hybridized carbons (Fsp3) is 0.222. The number of nitrogens with one attached hydrogen (secondary N) is 2. The lowest BCUT2D eigenvalue weighted by molar-refractivity contribution is -0.119. The molecular formula is C18H18N2O6. The lowest BCUT2D eigenvalue weighted by atomic mass is 10.2. The average molecular weight is 358 g/mol. The van der Waals surface area contributed by atoms with Gasteiger partial charge in [0.1, 0.15) is 5.56 Å². The van der Waals surface area contributed by atoms with Gasteiger partial charge in [-0.05, 0) is 50.2 Å². The average Bonchev–Trinajstić information content (AvgIpc) is 2.60. The van der Waals surface area contributed by atoms with Crippen LogP contribution in [0.5, 0.6) is 0 Å². The van der Waals surface area contributed by atoms with Crippen LogP contribution < -0.4 is 10.9 Å². The second-order valence-corrected chi connectivity index (χ2v) is 5.57. The minimum absolute atomic E-state index is 0.187. The first-order chi connectivity index (χ1) is 12.4. The summed E-state index contributed by atoms with van der Waals surface area (Å²) < 4.78 is 9.87. The maximum absolute atomic E-state index is 11.8. The number of carbonyl (C=O) groups is 3. The fourth-order valence-electron chi connectivity index (χ4n) is 1.96. The van der Waals surface area contributed by atoms with Gasteiger partial charge in [-0.2, -0.15) is 0 Å². The fourth-order valence-corrected chi connectivity index (χ4v) is 1.96. The van der Waals surface area contributed by atoms with Crippen molar-refractivity contribution < 1.29 is 23.9 Å². The molecule has 0 saturated carbocycles. The molecule has 2 rings (SSSR count). The molecule has 0 saturated heterocycles. The molecule has 0 atom stereocenters. The number of hydrogen-bond donors (Lipinski definition) is 2. The summed E-state index contributed by atoms with van der Waals surface area (Å²) in [5.74, 6) is -1.93. The van der Waals surface area contributed by atoms with Gasteiger partial charge in [0.15, 0.2) is 6.61 Å². The highest BCUT2D eigenvalue weighted by atomic mass is 16.5. The molecule has 0 aliphatic carbocycles. The summed E-state index contributed by atoms with van der Waals surface area (Å²) >= 11 is 0. The van der Waals surface area contributed by atoms with E-state index in [4.69, 9.17) is 9.47 Å². The zero-order valence-corrected chi connectivity index (χ0v) is 14.3. The third-order valence-corrected chi connectivity index (χ3v) is 3.12. The van der Waals surface area contributed by atoms with Crippen molar-refractivity contribution in [2.75, 3.05) is 11.9 Å². The van der Waals surface area contributed by atoms with Gasteiger partial charge in [-0.1, -0.05) is 0 Å². The Labute approximate surface area is 149 Å². The van der Waals surface area contributed by atoms with Gasteiger partial charge >= 0.3 is 11.9 Å². The Kier molecular flexibility index (Phi) is 6.26. The van der Waals surface area contributed by atoms with E-state index in [0.29, 0.717) is 11.3 Å². The van der Waals surface area contributed by atoms with Gasteiger partial charge in [0.25, 0.3) is 11.5 Å². The van der Waals surface area contributed by atoms with Crippen molar-refractivity contribution in [3.63, 3.8) is 0 Å². The van der Waals surface area contributed by atoms with Crippen LogP contribution in [0.2, 0.25) is 0 Å². The van der Waals surface area contributed by atoms with E-state index in [1.165, 1.54) is 42.6 Å². The molecule has 1 amide bonds. The van der Waals surface area contributed by atoms with E-state index in [9.17, 15) is 19.2 Å². The number of esters is 2. The minimum Gasteiger partial charge on any atom is -0.459 e. The molecule has 0 bridgehead atoms. The Morgan fingerprint density at radius 1 is 1.08 bits per heavy atom. The van der Waals surface area contributed by atoms with Gasteiger partial charge in [0, 0.05) is 11.9 Å². The smallest absolute Gasteiger partial charge is 0.344 e. The number of H-pyrrole nitrogens is 1. The maximum Gasteiger partial charge on any atom is 0.344 e. The van der Waals surface area contributed by atoms with Crippen LogP contribution in [0.25, 0.3) is 0 Å². The van der Waals surface area contributed by atoms with Crippen molar-refractivity contribution in [1.82, 2.24) is 4.98 Å². The number of rotatable bonds is 6. The summed E-state index contributed by atoms with van der Waals surface area (Å²) in [6.07, 6.45) is 1.15. The highest BCUT2D eigenvalue weighted by Gasteiger charge is 2.14. The van der Waals surface area contributed by atoms with Crippen molar-refractivity contribution in [3.8, 4) is 0 Å². The van der Waals surface area contributed by atoms with Crippen LogP contribution >= 0.6 is 0 Å². The Hall–Kier alpha value is -3.42. The number of amides is 1. The summed E-state index contributed by atoms with van der Waals surface area (Å²) in [5.41, 5.74) is -0.00812. The summed E-state index contributed by atoms with van der Waals surface area (Å²) in [7, 11) is 0. The monoisotopic (exact) mass is 358 g/mol. The number of pyridine rings is 1. The molecule has 0 unspecified atom stereocenters. The highest BCUT2D eigenvalue weighted by Crippen LogP contribution is 2.11. The summed E-state index contributed by atoms with van der Waals surface area (Å²) in [4.78, 5) is 49.1. The Balaban J connectivity index is 1.88. The predicted octanol–water partition coefficient (Wildman–Crippen LogP) is 1.74. The Morgan fingerprint density at radius 2 is 1.77 bits per heavy atom. The molecule has 0 aliphatic heterocycles. The SMILES string of the molecule is CC(C)OC(=O)c1ccc(NC(=O)COC(=O)c2ccc[nH]c2=O)cc1. The zero-order chi connectivity index (χ0) is 19.1. The number of aromatic nitrogens is 1. The Bertz CT molecular complexity index is 854. The highest BCUT2D eigenvalue weighted by molar-refractivity contribution is 5.96. The molecule has 26 heavy (non-hydrogen) atoms. The van der Waals surface area contributed by atoms with E-state index < -0.39 is 30.0 Å². The topological polar surface area (TPSA) is 115 Å². The molecule has 8 nitrogen and oxygen atoms in total. The van der Waals surface area contributed by atoms with Crippen molar-refractivity contribution in [1.29, 1.82) is 0 Å². The molecule has 1 aromatic heterocycles. The minimum atomic E-state index is -0.895. The van der Waals surface area contributed by atoms with Crippen LogP contribution in [0.15, 0.2) is 47.4 Å². The molecule has 2 N–H and O–H groups in total. The van der Waals surface area contributed by atoms with Crippen LogP contribution in [0.4, 0.5) is 5.69 Å². The molecule has 8 heteroatoms. The number of anilines is 1. The summed E-state index contributed by atoms with van der Waals surface area (Å²) in [6.45, 7) is 2.94.